The second kappa shape index (κ2) is 9.19. The SMILES string of the molecule is O=C(CCC(=O)N1CCN(S(=O)(=O)c2ccc(C(F)(F)F)cc2)CC1)c1ccccc1. The highest BCUT2D eigenvalue weighted by atomic mass is 32.2. The minimum absolute atomic E-state index is 0.0272. The molecule has 0 aliphatic carbocycles. The maximum atomic E-state index is 12.7. The second-order valence-corrected chi connectivity index (χ2v) is 9.03. The number of carbonyl (C=O) groups is 2. The van der Waals surface area contributed by atoms with Gasteiger partial charge >= 0.3 is 6.18 Å². The summed E-state index contributed by atoms with van der Waals surface area (Å²) in [7, 11) is -3.96. The topological polar surface area (TPSA) is 74.8 Å². The van der Waals surface area contributed by atoms with E-state index in [4.69, 9.17) is 0 Å². The molecule has 0 bridgehead atoms. The summed E-state index contributed by atoms with van der Waals surface area (Å²) < 4.78 is 64.6. The van der Waals surface area contributed by atoms with Crippen molar-refractivity contribution in [3.05, 3.63) is 65.7 Å². The Morgan fingerprint density at radius 2 is 1.42 bits per heavy atom. The molecule has 0 spiro atoms. The van der Waals surface area contributed by atoms with Crippen molar-refractivity contribution < 1.29 is 31.2 Å². The molecular weight excluding hydrogens is 433 g/mol. The molecule has 1 amide bonds. The van der Waals surface area contributed by atoms with Gasteiger partial charge in [0.15, 0.2) is 5.78 Å². The zero-order valence-electron chi connectivity index (χ0n) is 16.5. The predicted octanol–water partition coefficient (Wildman–Crippen LogP) is 3.20. The van der Waals surface area contributed by atoms with Crippen LogP contribution in [0.15, 0.2) is 59.5 Å². The number of sulfonamides is 1. The lowest BCUT2D eigenvalue weighted by molar-refractivity contribution is -0.137. The van der Waals surface area contributed by atoms with Gasteiger partial charge in [-0.05, 0) is 24.3 Å². The molecule has 1 fully saturated rings. The molecular formula is C21H21F3N2O4S. The Morgan fingerprint density at radius 3 is 1.97 bits per heavy atom. The molecule has 166 valence electrons. The van der Waals surface area contributed by atoms with Crippen molar-refractivity contribution in [2.45, 2.75) is 23.9 Å². The minimum atomic E-state index is -4.55. The summed E-state index contributed by atoms with van der Waals surface area (Å²) in [5.74, 6) is -0.381. The van der Waals surface area contributed by atoms with Crippen molar-refractivity contribution >= 4 is 21.7 Å². The fraction of sp³-hybridized carbons (Fsp3) is 0.333. The zero-order chi connectivity index (χ0) is 22.6. The van der Waals surface area contributed by atoms with Crippen LogP contribution in [0.1, 0.15) is 28.8 Å². The third-order valence-corrected chi connectivity index (χ3v) is 6.99. The molecule has 2 aromatic carbocycles. The summed E-state index contributed by atoms with van der Waals surface area (Å²) in [5, 5.41) is 0. The van der Waals surface area contributed by atoms with E-state index in [9.17, 15) is 31.2 Å². The molecule has 0 radical (unpaired) electrons. The Morgan fingerprint density at radius 1 is 0.839 bits per heavy atom. The normalized spacial score (nSPS) is 15.6. The van der Waals surface area contributed by atoms with Gasteiger partial charge in [0.25, 0.3) is 0 Å². The van der Waals surface area contributed by atoms with Crippen molar-refractivity contribution in [2.24, 2.45) is 0 Å². The second-order valence-electron chi connectivity index (χ2n) is 7.10. The number of Topliss-reactive ketones (excluding diaryl/α,β-unsaturated/α-hetero) is 1. The maximum Gasteiger partial charge on any atom is 0.416 e. The molecule has 0 aromatic heterocycles. The van der Waals surface area contributed by atoms with Gasteiger partial charge in [0, 0.05) is 44.6 Å². The smallest absolute Gasteiger partial charge is 0.340 e. The number of amides is 1. The number of hydrogen-bond donors (Lipinski definition) is 0. The van der Waals surface area contributed by atoms with Crippen molar-refractivity contribution in [1.82, 2.24) is 9.21 Å². The van der Waals surface area contributed by atoms with Crippen molar-refractivity contribution in [3.8, 4) is 0 Å². The van der Waals surface area contributed by atoms with E-state index in [1.807, 2.05) is 0 Å². The standard InChI is InChI=1S/C21H21F3N2O4S/c22-21(23,24)17-6-8-18(9-7-17)31(29,30)26-14-12-25(13-15-26)20(28)11-10-19(27)16-4-2-1-3-5-16/h1-9H,10-15H2. The van der Waals surface area contributed by atoms with Crippen LogP contribution in [-0.2, 0) is 21.0 Å². The summed E-state index contributed by atoms with van der Waals surface area (Å²) in [4.78, 5) is 25.8. The van der Waals surface area contributed by atoms with E-state index in [0.29, 0.717) is 5.56 Å². The number of piperazine rings is 1. The van der Waals surface area contributed by atoms with Gasteiger partial charge in [-0.25, -0.2) is 8.42 Å². The van der Waals surface area contributed by atoms with Gasteiger partial charge in [0.1, 0.15) is 0 Å². The van der Waals surface area contributed by atoms with Gasteiger partial charge in [0.2, 0.25) is 15.9 Å². The Hall–Kier alpha value is -2.72. The lowest BCUT2D eigenvalue weighted by Crippen LogP contribution is -2.50. The lowest BCUT2D eigenvalue weighted by atomic mass is 10.1. The van der Waals surface area contributed by atoms with Crippen LogP contribution in [0, 0.1) is 0 Å². The first-order valence-electron chi connectivity index (χ1n) is 9.62. The molecule has 0 atom stereocenters. The van der Waals surface area contributed by atoms with Gasteiger partial charge in [-0.3, -0.25) is 9.59 Å². The van der Waals surface area contributed by atoms with Crippen LogP contribution >= 0.6 is 0 Å². The Bertz CT molecular complexity index is 1030. The predicted molar refractivity (Wildman–Crippen MR) is 107 cm³/mol. The van der Waals surface area contributed by atoms with Crippen LogP contribution in [0.2, 0.25) is 0 Å². The summed E-state index contributed by atoms with van der Waals surface area (Å²) >= 11 is 0. The van der Waals surface area contributed by atoms with Crippen LogP contribution in [0.25, 0.3) is 0 Å². The molecule has 0 saturated carbocycles. The molecule has 6 nitrogen and oxygen atoms in total. The third-order valence-electron chi connectivity index (χ3n) is 5.07. The Balaban J connectivity index is 1.54. The number of hydrogen-bond acceptors (Lipinski definition) is 4. The van der Waals surface area contributed by atoms with Crippen LogP contribution in [0.5, 0.6) is 0 Å². The number of rotatable bonds is 6. The largest absolute Gasteiger partial charge is 0.416 e. The quantitative estimate of drug-likeness (QED) is 0.629. The van der Waals surface area contributed by atoms with E-state index in [1.165, 1.54) is 4.90 Å². The highest BCUT2D eigenvalue weighted by molar-refractivity contribution is 7.89. The highest BCUT2D eigenvalue weighted by Crippen LogP contribution is 2.30. The van der Waals surface area contributed by atoms with Gasteiger partial charge < -0.3 is 4.90 Å². The van der Waals surface area contributed by atoms with E-state index < -0.39 is 21.8 Å². The van der Waals surface area contributed by atoms with E-state index in [2.05, 4.69) is 0 Å². The molecule has 1 aliphatic heterocycles. The first kappa shape index (κ1) is 23.0. The van der Waals surface area contributed by atoms with Crippen molar-refractivity contribution in [2.75, 3.05) is 26.2 Å². The number of benzene rings is 2. The van der Waals surface area contributed by atoms with Crippen LogP contribution in [-0.4, -0.2) is 55.5 Å². The number of halogens is 3. The first-order valence-corrected chi connectivity index (χ1v) is 11.1. The fourth-order valence-corrected chi connectivity index (χ4v) is 4.71. The van der Waals surface area contributed by atoms with Crippen LogP contribution < -0.4 is 0 Å². The Labute approximate surface area is 178 Å². The number of ketones is 1. The van der Waals surface area contributed by atoms with Gasteiger partial charge in [-0.2, -0.15) is 17.5 Å². The molecule has 0 unspecified atom stereocenters. The number of carbonyl (C=O) groups excluding carboxylic acids is 2. The van der Waals surface area contributed by atoms with Gasteiger partial charge in [-0.15, -0.1) is 0 Å². The monoisotopic (exact) mass is 454 g/mol. The summed E-state index contributed by atoms with van der Waals surface area (Å²) in [6.07, 6.45) is -4.46. The minimum Gasteiger partial charge on any atom is -0.340 e. The summed E-state index contributed by atoms with van der Waals surface area (Å²) in [6, 6.07) is 12.0. The maximum absolute atomic E-state index is 12.7. The molecule has 10 heteroatoms. The molecule has 1 heterocycles. The zero-order valence-corrected chi connectivity index (χ0v) is 17.3. The average molecular weight is 454 g/mol. The van der Waals surface area contributed by atoms with E-state index in [0.717, 1.165) is 28.6 Å². The van der Waals surface area contributed by atoms with Crippen LogP contribution in [0.3, 0.4) is 0 Å². The third kappa shape index (κ3) is 5.50. The van der Waals surface area contributed by atoms with Crippen molar-refractivity contribution in [3.63, 3.8) is 0 Å². The molecule has 2 aromatic rings. The van der Waals surface area contributed by atoms with E-state index in [-0.39, 0.29) is 55.6 Å². The van der Waals surface area contributed by atoms with Crippen molar-refractivity contribution in [1.29, 1.82) is 0 Å². The summed E-state index contributed by atoms with van der Waals surface area (Å²) in [5.41, 5.74) is -0.394. The molecule has 1 aliphatic rings. The van der Waals surface area contributed by atoms with Gasteiger partial charge in [-0.1, -0.05) is 30.3 Å². The van der Waals surface area contributed by atoms with E-state index >= 15 is 0 Å². The highest BCUT2D eigenvalue weighted by Gasteiger charge is 2.33. The molecule has 0 N–H and O–H groups in total. The Kier molecular flexibility index (Phi) is 6.80. The molecule has 31 heavy (non-hydrogen) atoms. The number of nitrogens with zero attached hydrogens (tertiary/aromatic N) is 2. The van der Waals surface area contributed by atoms with Gasteiger partial charge in [0.05, 0.1) is 10.5 Å². The summed E-state index contributed by atoms with van der Waals surface area (Å²) in [6.45, 7) is 0.361. The molecule has 3 rings (SSSR count). The fourth-order valence-electron chi connectivity index (χ4n) is 3.29. The van der Waals surface area contributed by atoms with E-state index in [1.54, 1.807) is 30.3 Å². The molecule has 1 saturated heterocycles. The average Bonchev–Trinajstić information content (AvgIpc) is 2.77. The van der Waals surface area contributed by atoms with Crippen LogP contribution in [0.4, 0.5) is 13.2 Å². The lowest BCUT2D eigenvalue weighted by Gasteiger charge is -2.34. The first-order chi connectivity index (χ1) is 14.6. The number of alkyl halides is 3.